The summed E-state index contributed by atoms with van der Waals surface area (Å²) in [6.45, 7) is 2.65. The number of nitrogens with zero attached hydrogens (tertiary/aromatic N) is 6. The van der Waals surface area contributed by atoms with E-state index in [-0.39, 0.29) is 6.04 Å². The van der Waals surface area contributed by atoms with Gasteiger partial charge < -0.3 is 4.74 Å². The van der Waals surface area contributed by atoms with Gasteiger partial charge >= 0.3 is 0 Å². The van der Waals surface area contributed by atoms with Crippen molar-refractivity contribution in [1.29, 1.82) is 0 Å². The maximum absolute atomic E-state index is 10.8. The fourth-order valence-corrected chi connectivity index (χ4v) is 3.06. The van der Waals surface area contributed by atoms with Gasteiger partial charge in [0.15, 0.2) is 5.82 Å². The van der Waals surface area contributed by atoms with Crippen LogP contribution in [-0.2, 0) is 25.0 Å². The summed E-state index contributed by atoms with van der Waals surface area (Å²) >= 11 is 0. The lowest BCUT2D eigenvalue weighted by atomic mass is 10.1. The van der Waals surface area contributed by atoms with Gasteiger partial charge in [-0.3, -0.25) is 9.25 Å². The Labute approximate surface area is 161 Å². The van der Waals surface area contributed by atoms with E-state index in [1.54, 1.807) is 17.9 Å². The molecule has 0 saturated carbocycles. The highest BCUT2D eigenvalue weighted by molar-refractivity contribution is 5.78. The molecule has 142 valence electrons. The molecule has 0 amide bonds. The van der Waals surface area contributed by atoms with E-state index in [4.69, 9.17) is 4.74 Å². The van der Waals surface area contributed by atoms with E-state index in [1.807, 2.05) is 48.0 Å². The van der Waals surface area contributed by atoms with E-state index in [2.05, 4.69) is 26.3 Å². The quantitative estimate of drug-likeness (QED) is 0.459. The summed E-state index contributed by atoms with van der Waals surface area (Å²) in [4.78, 5) is 19.4. The van der Waals surface area contributed by atoms with Crippen LogP contribution in [0.5, 0.6) is 0 Å². The zero-order chi connectivity index (χ0) is 19.5. The van der Waals surface area contributed by atoms with E-state index in [0.29, 0.717) is 13.2 Å². The minimum atomic E-state index is -0.385. The number of hydrogen-bond acceptors (Lipinski definition) is 6. The van der Waals surface area contributed by atoms with Crippen LogP contribution in [0.1, 0.15) is 29.9 Å². The average molecular weight is 376 g/mol. The number of hydrogen-bond donors (Lipinski definition) is 0. The average Bonchev–Trinajstić information content (AvgIpc) is 3.33. The van der Waals surface area contributed by atoms with E-state index < -0.39 is 0 Å². The van der Waals surface area contributed by atoms with Crippen LogP contribution in [0.4, 0.5) is 0 Å². The van der Waals surface area contributed by atoms with Crippen molar-refractivity contribution in [2.24, 2.45) is 12.2 Å². The third kappa shape index (κ3) is 3.54. The first kappa shape index (κ1) is 18.0. The summed E-state index contributed by atoms with van der Waals surface area (Å²) in [7, 11) is 1.84. The van der Waals surface area contributed by atoms with Gasteiger partial charge in [-0.1, -0.05) is 23.4 Å². The molecule has 0 fully saturated rings. The Morgan fingerprint density at radius 2 is 2.04 bits per heavy atom. The molecule has 0 bridgehead atoms. The van der Waals surface area contributed by atoms with Gasteiger partial charge in [-0.15, -0.1) is 0 Å². The number of aromatic nitrogens is 5. The first-order valence-electron chi connectivity index (χ1n) is 8.95. The van der Waals surface area contributed by atoms with E-state index in [9.17, 15) is 4.91 Å². The van der Waals surface area contributed by atoms with Crippen LogP contribution in [-0.4, -0.2) is 24.3 Å². The van der Waals surface area contributed by atoms with E-state index >= 15 is 0 Å². The molecule has 2 aromatic heterocycles. The second-order valence-electron chi connectivity index (χ2n) is 6.61. The largest absolute Gasteiger partial charge is 0.369 e. The Hall–Kier alpha value is -3.39. The van der Waals surface area contributed by atoms with Gasteiger partial charge in [0, 0.05) is 12.7 Å². The number of rotatable bonds is 7. The molecule has 28 heavy (non-hydrogen) atoms. The lowest BCUT2D eigenvalue weighted by Gasteiger charge is -2.09. The molecule has 1 unspecified atom stereocenters. The maximum atomic E-state index is 10.8. The maximum Gasteiger partial charge on any atom is 0.152 e. The van der Waals surface area contributed by atoms with Gasteiger partial charge in [-0.25, -0.2) is 9.97 Å². The van der Waals surface area contributed by atoms with Crippen molar-refractivity contribution in [2.45, 2.75) is 26.2 Å². The van der Waals surface area contributed by atoms with Crippen molar-refractivity contribution < 1.29 is 4.74 Å². The third-order valence-corrected chi connectivity index (χ3v) is 4.71. The lowest BCUT2D eigenvalue weighted by molar-refractivity contribution is 0.0993. The molecule has 0 radical (unpaired) electrons. The van der Waals surface area contributed by atoms with Crippen molar-refractivity contribution in [3.05, 3.63) is 77.0 Å². The van der Waals surface area contributed by atoms with Crippen LogP contribution in [0.15, 0.2) is 60.3 Å². The van der Waals surface area contributed by atoms with Crippen LogP contribution < -0.4 is 0 Å². The highest BCUT2D eigenvalue weighted by Gasteiger charge is 2.10. The molecule has 0 spiro atoms. The summed E-state index contributed by atoms with van der Waals surface area (Å²) in [5.41, 5.74) is 4.71. The smallest absolute Gasteiger partial charge is 0.152 e. The molecule has 0 aliphatic rings. The molecular weight excluding hydrogens is 356 g/mol. The Morgan fingerprint density at radius 3 is 2.82 bits per heavy atom. The molecular formula is C20H20N6O2. The Kier molecular flexibility index (Phi) is 4.94. The first-order chi connectivity index (χ1) is 13.7. The van der Waals surface area contributed by atoms with Crippen molar-refractivity contribution in [3.63, 3.8) is 0 Å². The number of imidazole rings is 1. The number of benzene rings is 2. The van der Waals surface area contributed by atoms with Crippen LogP contribution in [0, 0.1) is 4.91 Å². The summed E-state index contributed by atoms with van der Waals surface area (Å²) in [5.74, 6) is 0.784. The van der Waals surface area contributed by atoms with Crippen LogP contribution >= 0.6 is 0 Å². The summed E-state index contributed by atoms with van der Waals surface area (Å²) in [6.07, 6.45) is 3.30. The second kappa shape index (κ2) is 7.69. The molecule has 0 aliphatic heterocycles. The number of fused-ring (bicyclic) bond motifs is 1. The van der Waals surface area contributed by atoms with Gasteiger partial charge in [0.05, 0.1) is 17.6 Å². The molecule has 2 heterocycles. The molecule has 8 heteroatoms. The molecule has 8 nitrogen and oxygen atoms in total. The zero-order valence-electron chi connectivity index (χ0n) is 15.7. The number of nitroso groups, excluding NO2 is 1. The monoisotopic (exact) mass is 376 g/mol. The Morgan fingerprint density at radius 1 is 1.14 bits per heavy atom. The summed E-state index contributed by atoms with van der Waals surface area (Å²) in [6, 6.07) is 13.5. The van der Waals surface area contributed by atoms with Crippen molar-refractivity contribution in [3.8, 4) is 5.69 Å². The molecule has 4 aromatic rings. The van der Waals surface area contributed by atoms with Crippen LogP contribution in [0.25, 0.3) is 16.7 Å². The first-order valence-corrected chi connectivity index (χ1v) is 8.95. The van der Waals surface area contributed by atoms with Crippen molar-refractivity contribution in [2.75, 3.05) is 0 Å². The second-order valence-corrected chi connectivity index (χ2v) is 6.61. The molecule has 0 aliphatic carbocycles. The normalized spacial score (nSPS) is 12.4. The highest BCUT2D eigenvalue weighted by atomic mass is 16.5. The van der Waals surface area contributed by atoms with Gasteiger partial charge in [0.2, 0.25) is 0 Å². The topological polar surface area (TPSA) is 87.2 Å². The van der Waals surface area contributed by atoms with Gasteiger partial charge in [0.1, 0.15) is 25.3 Å². The summed E-state index contributed by atoms with van der Waals surface area (Å²) in [5, 5.41) is 7.12. The van der Waals surface area contributed by atoms with Gasteiger partial charge in [-0.05, 0) is 42.3 Å². The molecule has 4 rings (SSSR count). The molecule has 1 atom stereocenters. The Balaban J connectivity index is 1.54. The van der Waals surface area contributed by atoms with Crippen molar-refractivity contribution in [1.82, 2.24) is 24.3 Å². The van der Waals surface area contributed by atoms with Crippen LogP contribution in [0.2, 0.25) is 0 Å². The van der Waals surface area contributed by atoms with E-state index in [0.717, 1.165) is 33.7 Å². The van der Waals surface area contributed by atoms with E-state index in [1.165, 1.54) is 6.33 Å². The highest BCUT2D eigenvalue weighted by Crippen LogP contribution is 2.24. The SMILES string of the molecule is CC(N=O)c1ccc2c(c1)ncn2-c1cccc(COCc2ncnn2C)c1. The van der Waals surface area contributed by atoms with Gasteiger partial charge in [0.25, 0.3) is 0 Å². The summed E-state index contributed by atoms with van der Waals surface area (Å²) < 4.78 is 9.49. The van der Waals surface area contributed by atoms with Crippen LogP contribution in [0.3, 0.4) is 0 Å². The number of ether oxygens (including phenoxy) is 1. The fraction of sp³-hybridized carbons (Fsp3) is 0.250. The predicted octanol–water partition coefficient (Wildman–Crippen LogP) is 3.70. The standard InChI is InChI=1S/C20H20N6O2/c1-14(24-27)16-6-7-19-18(9-16)22-13-26(19)17-5-3-4-15(8-17)10-28-11-20-21-12-23-25(20)2/h3-9,12-14H,10-11H2,1-2H3. The molecule has 0 saturated heterocycles. The Bertz CT molecular complexity index is 1120. The fourth-order valence-electron chi connectivity index (χ4n) is 3.06. The molecule has 2 aromatic carbocycles. The lowest BCUT2D eigenvalue weighted by Crippen LogP contribution is -2.03. The zero-order valence-corrected chi connectivity index (χ0v) is 15.7. The minimum absolute atomic E-state index is 0.385. The molecule has 0 N–H and O–H groups in total. The predicted molar refractivity (Wildman–Crippen MR) is 105 cm³/mol. The number of aryl methyl sites for hydroxylation is 1. The third-order valence-electron chi connectivity index (χ3n) is 4.71. The van der Waals surface area contributed by atoms with Gasteiger partial charge in [-0.2, -0.15) is 10.0 Å². The van der Waals surface area contributed by atoms with Crippen molar-refractivity contribution >= 4 is 11.0 Å². The minimum Gasteiger partial charge on any atom is -0.369 e.